The van der Waals surface area contributed by atoms with Gasteiger partial charge in [0.25, 0.3) is 0 Å². The Morgan fingerprint density at radius 3 is 2.50 bits per heavy atom. The van der Waals surface area contributed by atoms with Crippen molar-refractivity contribution in [3.8, 4) is 0 Å². The molecule has 3 unspecified atom stereocenters. The van der Waals surface area contributed by atoms with E-state index in [4.69, 9.17) is 4.74 Å². The molecule has 3 atom stereocenters. The molecule has 5 nitrogen and oxygen atoms in total. The predicted octanol–water partition coefficient (Wildman–Crippen LogP) is 2.29. The summed E-state index contributed by atoms with van der Waals surface area (Å²) in [4.78, 5) is 9.38. The van der Waals surface area contributed by atoms with Crippen molar-refractivity contribution in [1.29, 1.82) is 0 Å². The third-order valence-electron chi connectivity index (χ3n) is 5.53. The van der Waals surface area contributed by atoms with Gasteiger partial charge in [-0.3, -0.25) is 9.89 Å². The first kappa shape index (κ1) is 19.5. The molecule has 2 saturated heterocycles. The summed E-state index contributed by atoms with van der Waals surface area (Å²) in [7, 11) is 4.01. The standard InChI is InChI=1S/C19H38N4O/c1-15-9-16(2)11-23(10-15)19(3,4)14-21-18(20-5)22(6)12-17-7-8-24-13-17/h15-17H,7-14H2,1-6H3,(H,20,21). The average molecular weight is 339 g/mol. The average Bonchev–Trinajstić information content (AvgIpc) is 2.99. The van der Waals surface area contributed by atoms with Crippen LogP contribution in [0.1, 0.15) is 40.5 Å². The first-order valence-electron chi connectivity index (χ1n) is 9.56. The summed E-state index contributed by atoms with van der Waals surface area (Å²) < 4.78 is 5.49. The summed E-state index contributed by atoms with van der Waals surface area (Å²) in [5.74, 6) is 3.20. The molecule has 0 spiro atoms. The molecule has 2 rings (SSSR count). The minimum Gasteiger partial charge on any atom is -0.381 e. The Bertz CT molecular complexity index is 408. The number of nitrogens with zero attached hydrogens (tertiary/aromatic N) is 3. The van der Waals surface area contributed by atoms with E-state index in [0.29, 0.717) is 5.92 Å². The van der Waals surface area contributed by atoms with Crippen LogP contribution in [-0.2, 0) is 4.74 Å². The highest BCUT2D eigenvalue weighted by atomic mass is 16.5. The lowest BCUT2D eigenvalue weighted by Gasteiger charge is -2.45. The number of ether oxygens (including phenoxy) is 1. The Hall–Kier alpha value is -0.810. The van der Waals surface area contributed by atoms with Gasteiger partial charge in [-0.2, -0.15) is 0 Å². The largest absolute Gasteiger partial charge is 0.381 e. The van der Waals surface area contributed by atoms with Crippen molar-refractivity contribution >= 4 is 5.96 Å². The number of hydrogen-bond donors (Lipinski definition) is 1. The first-order valence-corrected chi connectivity index (χ1v) is 9.56. The SMILES string of the molecule is CN=C(NCC(C)(C)N1CC(C)CC(C)C1)N(C)CC1CCOC1. The van der Waals surface area contributed by atoms with E-state index in [-0.39, 0.29) is 5.54 Å². The van der Waals surface area contributed by atoms with Gasteiger partial charge in [-0.1, -0.05) is 13.8 Å². The second-order valence-corrected chi connectivity index (χ2v) is 8.67. The van der Waals surface area contributed by atoms with Crippen molar-refractivity contribution in [2.75, 3.05) is 53.5 Å². The van der Waals surface area contributed by atoms with Crippen molar-refractivity contribution in [3.05, 3.63) is 0 Å². The van der Waals surface area contributed by atoms with Gasteiger partial charge in [-0.15, -0.1) is 0 Å². The zero-order valence-corrected chi connectivity index (χ0v) is 16.6. The van der Waals surface area contributed by atoms with Crippen molar-refractivity contribution < 1.29 is 4.74 Å². The van der Waals surface area contributed by atoms with Gasteiger partial charge in [0.1, 0.15) is 0 Å². The summed E-state index contributed by atoms with van der Waals surface area (Å²) >= 11 is 0. The van der Waals surface area contributed by atoms with Crippen LogP contribution in [0.2, 0.25) is 0 Å². The Morgan fingerprint density at radius 1 is 1.29 bits per heavy atom. The van der Waals surface area contributed by atoms with Crippen LogP contribution in [0.3, 0.4) is 0 Å². The van der Waals surface area contributed by atoms with Crippen LogP contribution in [0.25, 0.3) is 0 Å². The maximum atomic E-state index is 5.49. The molecule has 0 saturated carbocycles. The lowest BCUT2D eigenvalue weighted by atomic mass is 9.88. The molecule has 24 heavy (non-hydrogen) atoms. The van der Waals surface area contributed by atoms with Gasteiger partial charge < -0.3 is 15.0 Å². The fraction of sp³-hybridized carbons (Fsp3) is 0.947. The van der Waals surface area contributed by atoms with Gasteiger partial charge in [0.05, 0.1) is 6.61 Å². The second-order valence-electron chi connectivity index (χ2n) is 8.67. The van der Waals surface area contributed by atoms with Crippen molar-refractivity contribution in [3.63, 3.8) is 0 Å². The Kier molecular flexibility index (Phi) is 6.93. The number of hydrogen-bond acceptors (Lipinski definition) is 3. The molecule has 2 aliphatic heterocycles. The fourth-order valence-electron chi connectivity index (χ4n) is 4.15. The van der Waals surface area contributed by atoms with Crippen molar-refractivity contribution in [1.82, 2.24) is 15.1 Å². The lowest BCUT2D eigenvalue weighted by Crippen LogP contribution is -2.57. The molecule has 0 amide bonds. The lowest BCUT2D eigenvalue weighted by molar-refractivity contribution is 0.0480. The first-order chi connectivity index (χ1) is 11.3. The van der Waals surface area contributed by atoms with E-state index in [2.05, 4.69) is 54.9 Å². The molecule has 0 radical (unpaired) electrons. The van der Waals surface area contributed by atoms with Crippen LogP contribution < -0.4 is 5.32 Å². The minimum absolute atomic E-state index is 0.135. The van der Waals surface area contributed by atoms with Crippen LogP contribution in [0.15, 0.2) is 4.99 Å². The molecule has 2 heterocycles. The number of likely N-dealkylation sites (tertiary alicyclic amines) is 1. The molecule has 5 heteroatoms. The Balaban J connectivity index is 1.86. The van der Waals surface area contributed by atoms with E-state index in [9.17, 15) is 0 Å². The molecule has 0 aromatic rings. The monoisotopic (exact) mass is 338 g/mol. The quantitative estimate of drug-likeness (QED) is 0.617. The van der Waals surface area contributed by atoms with Gasteiger partial charge in [0.15, 0.2) is 5.96 Å². The summed E-state index contributed by atoms with van der Waals surface area (Å²) in [5.41, 5.74) is 0.135. The molecule has 0 aliphatic carbocycles. The zero-order chi connectivity index (χ0) is 17.7. The fourth-order valence-corrected chi connectivity index (χ4v) is 4.15. The molecular formula is C19H38N4O. The minimum atomic E-state index is 0.135. The van der Waals surface area contributed by atoms with E-state index in [0.717, 1.165) is 50.5 Å². The number of guanidine groups is 1. The van der Waals surface area contributed by atoms with Crippen molar-refractivity contribution in [2.24, 2.45) is 22.7 Å². The van der Waals surface area contributed by atoms with E-state index < -0.39 is 0 Å². The smallest absolute Gasteiger partial charge is 0.193 e. The molecule has 140 valence electrons. The molecule has 0 aromatic heterocycles. The highest BCUT2D eigenvalue weighted by molar-refractivity contribution is 5.79. The maximum absolute atomic E-state index is 5.49. The predicted molar refractivity (Wildman–Crippen MR) is 102 cm³/mol. The Labute approximate surface area is 148 Å². The highest BCUT2D eigenvalue weighted by Gasteiger charge is 2.33. The number of rotatable bonds is 5. The van der Waals surface area contributed by atoms with Crippen molar-refractivity contribution in [2.45, 2.75) is 46.1 Å². The van der Waals surface area contributed by atoms with Crippen LogP contribution in [-0.4, -0.2) is 74.8 Å². The Morgan fingerprint density at radius 2 is 1.96 bits per heavy atom. The van der Waals surface area contributed by atoms with Gasteiger partial charge in [-0.05, 0) is 38.5 Å². The van der Waals surface area contributed by atoms with Gasteiger partial charge in [0.2, 0.25) is 0 Å². The number of nitrogens with one attached hydrogen (secondary N) is 1. The molecule has 1 N–H and O–H groups in total. The summed E-state index contributed by atoms with van der Waals surface area (Å²) in [6.07, 6.45) is 2.52. The number of piperidine rings is 1. The van der Waals surface area contributed by atoms with Crippen LogP contribution in [0, 0.1) is 17.8 Å². The van der Waals surface area contributed by atoms with Gasteiger partial charge in [-0.25, -0.2) is 0 Å². The van der Waals surface area contributed by atoms with E-state index in [1.54, 1.807) is 0 Å². The van der Waals surface area contributed by atoms with E-state index in [1.165, 1.54) is 19.5 Å². The number of aliphatic imine (C=N–C) groups is 1. The summed E-state index contributed by atoms with van der Waals surface area (Å²) in [6, 6.07) is 0. The topological polar surface area (TPSA) is 40.1 Å². The van der Waals surface area contributed by atoms with Gasteiger partial charge in [0, 0.05) is 58.3 Å². The third kappa shape index (κ3) is 5.35. The van der Waals surface area contributed by atoms with Gasteiger partial charge >= 0.3 is 0 Å². The van der Waals surface area contributed by atoms with E-state index in [1.807, 2.05) is 7.05 Å². The second kappa shape index (κ2) is 8.52. The molecule has 2 aliphatic rings. The highest BCUT2D eigenvalue weighted by Crippen LogP contribution is 2.26. The third-order valence-corrected chi connectivity index (χ3v) is 5.53. The summed E-state index contributed by atoms with van der Waals surface area (Å²) in [6.45, 7) is 15.6. The van der Waals surface area contributed by atoms with Crippen LogP contribution >= 0.6 is 0 Å². The molecule has 0 bridgehead atoms. The van der Waals surface area contributed by atoms with Crippen LogP contribution in [0.5, 0.6) is 0 Å². The molecular weight excluding hydrogens is 300 g/mol. The summed E-state index contributed by atoms with van der Waals surface area (Å²) in [5, 5.41) is 3.60. The molecule has 2 fully saturated rings. The molecule has 0 aromatic carbocycles. The normalized spacial score (nSPS) is 29.8. The maximum Gasteiger partial charge on any atom is 0.193 e. The zero-order valence-electron chi connectivity index (χ0n) is 16.6. The van der Waals surface area contributed by atoms with E-state index >= 15 is 0 Å². The van der Waals surface area contributed by atoms with Crippen LogP contribution in [0.4, 0.5) is 0 Å².